The smallest absolute Gasteiger partial charge is 0.0683 e. The van der Waals surface area contributed by atoms with Gasteiger partial charge in [-0.15, -0.1) is 0 Å². The van der Waals surface area contributed by atoms with E-state index < -0.39 is 0 Å². The standard InChI is InChI=1S/C16H33N3/c1-6-18(7-2)13-10-14-19(8-3)12-9-11-16(4,5)15-17/h6-14H2,1-5H3. The van der Waals surface area contributed by atoms with E-state index in [0.29, 0.717) is 0 Å². The van der Waals surface area contributed by atoms with Crippen molar-refractivity contribution in [2.24, 2.45) is 5.41 Å². The minimum atomic E-state index is -0.166. The van der Waals surface area contributed by atoms with Gasteiger partial charge in [0.25, 0.3) is 0 Å². The van der Waals surface area contributed by atoms with Crippen LogP contribution in [0.25, 0.3) is 0 Å². The van der Waals surface area contributed by atoms with Gasteiger partial charge in [-0.3, -0.25) is 0 Å². The van der Waals surface area contributed by atoms with Gasteiger partial charge in [0.15, 0.2) is 0 Å². The predicted octanol–water partition coefficient (Wildman–Crippen LogP) is 3.37. The zero-order valence-electron chi connectivity index (χ0n) is 13.7. The van der Waals surface area contributed by atoms with Crippen LogP contribution in [-0.4, -0.2) is 49.1 Å². The minimum Gasteiger partial charge on any atom is -0.304 e. The van der Waals surface area contributed by atoms with E-state index in [2.05, 4.69) is 36.6 Å². The van der Waals surface area contributed by atoms with Gasteiger partial charge in [0, 0.05) is 0 Å². The Balaban J connectivity index is 3.81. The molecule has 0 N–H and O–H groups in total. The first-order chi connectivity index (χ1) is 8.99. The lowest BCUT2D eigenvalue weighted by Crippen LogP contribution is -2.31. The van der Waals surface area contributed by atoms with Gasteiger partial charge in [-0.05, 0) is 72.4 Å². The summed E-state index contributed by atoms with van der Waals surface area (Å²) in [5.41, 5.74) is -0.166. The molecular weight excluding hydrogens is 234 g/mol. The van der Waals surface area contributed by atoms with Crippen LogP contribution < -0.4 is 0 Å². The maximum Gasteiger partial charge on any atom is 0.0683 e. The van der Waals surface area contributed by atoms with Crippen molar-refractivity contribution in [1.82, 2.24) is 9.80 Å². The van der Waals surface area contributed by atoms with Crippen LogP contribution in [0.3, 0.4) is 0 Å². The van der Waals surface area contributed by atoms with Crippen molar-refractivity contribution in [2.45, 2.75) is 53.9 Å². The van der Waals surface area contributed by atoms with Crippen LogP contribution in [0.15, 0.2) is 0 Å². The van der Waals surface area contributed by atoms with Gasteiger partial charge in [0.2, 0.25) is 0 Å². The molecule has 0 saturated heterocycles. The monoisotopic (exact) mass is 267 g/mol. The highest BCUT2D eigenvalue weighted by Gasteiger charge is 2.16. The van der Waals surface area contributed by atoms with Crippen LogP contribution in [0.5, 0.6) is 0 Å². The summed E-state index contributed by atoms with van der Waals surface area (Å²) in [5.74, 6) is 0. The zero-order valence-corrected chi connectivity index (χ0v) is 13.7. The highest BCUT2D eigenvalue weighted by atomic mass is 15.1. The molecule has 0 spiro atoms. The first-order valence-electron chi connectivity index (χ1n) is 7.85. The van der Waals surface area contributed by atoms with Crippen LogP contribution in [-0.2, 0) is 0 Å². The topological polar surface area (TPSA) is 30.3 Å². The number of hydrogen-bond acceptors (Lipinski definition) is 3. The lowest BCUT2D eigenvalue weighted by Gasteiger charge is -2.24. The second-order valence-corrected chi connectivity index (χ2v) is 5.91. The molecular formula is C16H33N3. The quantitative estimate of drug-likeness (QED) is 0.575. The molecule has 0 rings (SSSR count). The van der Waals surface area contributed by atoms with Crippen LogP contribution in [0.4, 0.5) is 0 Å². The molecule has 0 aliphatic rings. The molecule has 0 unspecified atom stereocenters. The second kappa shape index (κ2) is 10.2. The fourth-order valence-corrected chi connectivity index (χ4v) is 2.29. The molecule has 0 aromatic carbocycles. The summed E-state index contributed by atoms with van der Waals surface area (Å²) in [6.07, 6.45) is 3.37. The van der Waals surface area contributed by atoms with Gasteiger partial charge in [-0.25, -0.2) is 0 Å². The summed E-state index contributed by atoms with van der Waals surface area (Å²) in [4.78, 5) is 4.99. The largest absolute Gasteiger partial charge is 0.304 e. The third-order valence-electron chi connectivity index (χ3n) is 3.87. The molecule has 3 heteroatoms. The Morgan fingerprint density at radius 1 is 0.842 bits per heavy atom. The molecule has 0 aromatic rings. The average molecular weight is 267 g/mol. The van der Waals surface area contributed by atoms with Crippen molar-refractivity contribution >= 4 is 0 Å². The Labute approximate surface area is 120 Å². The molecule has 0 aliphatic heterocycles. The molecule has 19 heavy (non-hydrogen) atoms. The molecule has 0 atom stereocenters. The van der Waals surface area contributed by atoms with Gasteiger partial charge < -0.3 is 9.80 Å². The van der Waals surface area contributed by atoms with Gasteiger partial charge in [0.05, 0.1) is 11.5 Å². The van der Waals surface area contributed by atoms with Gasteiger partial charge in [-0.1, -0.05) is 20.8 Å². The van der Waals surface area contributed by atoms with Crippen molar-refractivity contribution in [1.29, 1.82) is 5.26 Å². The number of rotatable bonds is 11. The molecule has 0 radical (unpaired) electrons. The number of hydrogen-bond donors (Lipinski definition) is 0. The minimum absolute atomic E-state index is 0.166. The SMILES string of the molecule is CCN(CC)CCCN(CC)CCCC(C)(C)C#N. The second-order valence-electron chi connectivity index (χ2n) is 5.91. The molecule has 0 heterocycles. The molecule has 112 valence electrons. The summed E-state index contributed by atoms with van der Waals surface area (Å²) in [6.45, 7) is 17.7. The van der Waals surface area contributed by atoms with E-state index in [0.717, 1.165) is 39.0 Å². The lowest BCUT2D eigenvalue weighted by molar-refractivity contribution is 0.234. The van der Waals surface area contributed by atoms with Crippen molar-refractivity contribution < 1.29 is 0 Å². The maximum atomic E-state index is 9.00. The first kappa shape index (κ1) is 18.4. The molecule has 0 bridgehead atoms. The molecule has 0 saturated carbocycles. The van der Waals surface area contributed by atoms with Gasteiger partial charge in [-0.2, -0.15) is 5.26 Å². The van der Waals surface area contributed by atoms with Crippen molar-refractivity contribution in [3.63, 3.8) is 0 Å². The fraction of sp³-hybridized carbons (Fsp3) is 0.938. The molecule has 0 amide bonds. The summed E-state index contributed by atoms with van der Waals surface area (Å²) < 4.78 is 0. The first-order valence-corrected chi connectivity index (χ1v) is 7.85. The van der Waals surface area contributed by atoms with Gasteiger partial charge >= 0.3 is 0 Å². The highest BCUT2D eigenvalue weighted by Crippen LogP contribution is 2.20. The molecule has 3 nitrogen and oxygen atoms in total. The van der Waals surface area contributed by atoms with Crippen LogP contribution >= 0.6 is 0 Å². The van der Waals surface area contributed by atoms with Crippen molar-refractivity contribution in [2.75, 3.05) is 39.3 Å². The normalized spacial score (nSPS) is 12.1. The van der Waals surface area contributed by atoms with E-state index in [4.69, 9.17) is 5.26 Å². The van der Waals surface area contributed by atoms with E-state index >= 15 is 0 Å². The Morgan fingerprint density at radius 3 is 1.79 bits per heavy atom. The molecule has 0 aromatic heterocycles. The van der Waals surface area contributed by atoms with E-state index in [-0.39, 0.29) is 5.41 Å². The lowest BCUT2D eigenvalue weighted by atomic mass is 9.90. The Bertz CT molecular complexity index is 251. The summed E-state index contributed by atoms with van der Waals surface area (Å²) >= 11 is 0. The van der Waals surface area contributed by atoms with E-state index in [9.17, 15) is 0 Å². The zero-order chi connectivity index (χ0) is 14.7. The Kier molecular flexibility index (Phi) is 9.91. The maximum absolute atomic E-state index is 9.00. The Hall–Kier alpha value is -0.590. The number of nitriles is 1. The van der Waals surface area contributed by atoms with Gasteiger partial charge in [0.1, 0.15) is 0 Å². The fourth-order valence-electron chi connectivity index (χ4n) is 2.29. The van der Waals surface area contributed by atoms with E-state index in [1.807, 2.05) is 13.8 Å². The summed E-state index contributed by atoms with van der Waals surface area (Å²) in [6, 6.07) is 2.38. The predicted molar refractivity (Wildman–Crippen MR) is 83.1 cm³/mol. The highest BCUT2D eigenvalue weighted by molar-refractivity contribution is 4.91. The van der Waals surface area contributed by atoms with E-state index in [1.54, 1.807) is 0 Å². The third-order valence-corrected chi connectivity index (χ3v) is 3.87. The van der Waals surface area contributed by atoms with Crippen molar-refractivity contribution in [3.8, 4) is 6.07 Å². The van der Waals surface area contributed by atoms with Crippen molar-refractivity contribution in [3.05, 3.63) is 0 Å². The average Bonchev–Trinajstić information content (AvgIpc) is 2.41. The van der Waals surface area contributed by atoms with E-state index in [1.165, 1.54) is 19.5 Å². The van der Waals surface area contributed by atoms with Crippen LogP contribution in [0.2, 0.25) is 0 Å². The summed E-state index contributed by atoms with van der Waals surface area (Å²) in [5, 5.41) is 9.00. The van der Waals surface area contributed by atoms with Crippen LogP contribution in [0.1, 0.15) is 53.9 Å². The third kappa shape index (κ3) is 9.02. The van der Waals surface area contributed by atoms with Crippen LogP contribution in [0, 0.1) is 16.7 Å². The summed E-state index contributed by atoms with van der Waals surface area (Å²) in [7, 11) is 0. The molecule has 0 aliphatic carbocycles. The number of nitrogens with zero attached hydrogens (tertiary/aromatic N) is 3. The Morgan fingerprint density at radius 2 is 1.32 bits per heavy atom. The molecule has 0 fully saturated rings.